The number of anilines is 1. The molecule has 3 aromatic rings. The largest absolute Gasteiger partial charge is 0.347 e. The van der Waals surface area contributed by atoms with E-state index in [0.717, 1.165) is 41.2 Å². The van der Waals surface area contributed by atoms with E-state index in [0.29, 0.717) is 4.38 Å². The number of hydrogen-bond acceptors (Lipinski definition) is 7. The van der Waals surface area contributed by atoms with Gasteiger partial charge in [0.25, 0.3) is 0 Å². The summed E-state index contributed by atoms with van der Waals surface area (Å²) in [6.07, 6.45) is 13.9. The van der Waals surface area contributed by atoms with E-state index in [9.17, 15) is 0 Å². The minimum atomic E-state index is -0.263. The van der Waals surface area contributed by atoms with Gasteiger partial charge >= 0.3 is 0 Å². The summed E-state index contributed by atoms with van der Waals surface area (Å²) in [6.45, 7) is 13.0. The van der Waals surface area contributed by atoms with E-state index in [1.165, 1.54) is 54.6 Å². The van der Waals surface area contributed by atoms with E-state index in [1.54, 1.807) is 23.5 Å². The number of fused-ring (bicyclic) bond motifs is 1. The molecular weight excluding hydrogens is 796 g/mol. The Morgan fingerprint density at radius 2 is 1.76 bits per heavy atom. The van der Waals surface area contributed by atoms with Crippen molar-refractivity contribution < 1.29 is 0 Å². The number of para-hydroxylation sites is 1. The van der Waals surface area contributed by atoms with E-state index in [2.05, 4.69) is 166 Å². The summed E-state index contributed by atoms with van der Waals surface area (Å²) in [6, 6.07) is 25.6. The molecule has 1 heterocycles. The molecule has 0 radical (unpaired) electrons. The molecule has 0 spiro atoms. The molecule has 0 aromatic heterocycles. The van der Waals surface area contributed by atoms with Crippen LogP contribution < -0.4 is 10.6 Å². The highest BCUT2D eigenvalue weighted by molar-refractivity contribution is 14.1. The highest BCUT2D eigenvalue weighted by atomic mass is 127. The summed E-state index contributed by atoms with van der Waals surface area (Å²) in [5.74, 6) is 0.792. The van der Waals surface area contributed by atoms with Crippen LogP contribution in [0, 0.1) is 8.98 Å². The van der Waals surface area contributed by atoms with Gasteiger partial charge in [-0.05, 0) is 99.5 Å². The van der Waals surface area contributed by atoms with Gasteiger partial charge in [-0.2, -0.15) is 0 Å². The highest BCUT2D eigenvalue weighted by Crippen LogP contribution is 2.47. The molecule has 266 valence electrons. The summed E-state index contributed by atoms with van der Waals surface area (Å²) in [5, 5.41) is 9.13. The SMILES string of the molecule is C=Cc1ccc(CSC(N)SC(=N)SC2=C(/C=C/C(=NC)C(C)(C)c3ccccc3I)CCC/C2=C\C=C2\N(C)c3ccccc3C2(C)C)cc1. The quantitative estimate of drug-likeness (QED) is 0.0871. The van der Waals surface area contributed by atoms with Gasteiger partial charge in [0, 0.05) is 56.2 Å². The topological polar surface area (TPSA) is 65.5 Å². The number of nitrogens with one attached hydrogen (secondary N) is 1. The number of nitrogens with zero attached hydrogens (tertiary/aromatic N) is 2. The number of rotatable bonds is 11. The van der Waals surface area contributed by atoms with Crippen LogP contribution >= 0.6 is 57.9 Å². The zero-order valence-corrected chi connectivity index (χ0v) is 35.1. The molecule has 3 N–H and O–H groups in total. The Hall–Kier alpha value is -2.76. The molecule has 0 saturated carbocycles. The van der Waals surface area contributed by atoms with Crippen LogP contribution in [0.2, 0.25) is 0 Å². The second kappa shape index (κ2) is 17.4. The lowest BCUT2D eigenvalue weighted by Gasteiger charge is -2.27. The van der Waals surface area contributed by atoms with Gasteiger partial charge in [0.1, 0.15) is 9.08 Å². The molecule has 1 unspecified atom stereocenters. The number of allylic oxidation sites excluding steroid dienone is 7. The zero-order chi connectivity index (χ0) is 36.8. The van der Waals surface area contributed by atoms with Crippen molar-refractivity contribution in [3.63, 3.8) is 0 Å². The first-order chi connectivity index (χ1) is 24.4. The molecule has 0 fully saturated rings. The van der Waals surface area contributed by atoms with Gasteiger partial charge in [-0.25, -0.2) is 0 Å². The fraction of sp³-hybridized carbons (Fsp3) is 0.302. The second-order valence-corrected chi connectivity index (χ2v) is 18.9. The lowest BCUT2D eigenvalue weighted by atomic mass is 9.79. The van der Waals surface area contributed by atoms with Gasteiger partial charge in [-0.1, -0.05) is 137 Å². The maximum Gasteiger partial charge on any atom is 0.128 e. The predicted molar refractivity (Wildman–Crippen MR) is 238 cm³/mol. The molecule has 0 saturated heterocycles. The molecule has 1 aliphatic heterocycles. The monoisotopic (exact) mass is 844 g/mol. The smallest absolute Gasteiger partial charge is 0.128 e. The number of halogens is 1. The highest BCUT2D eigenvalue weighted by Gasteiger charge is 2.38. The van der Waals surface area contributed by atoms with Crippen molar-refractivity contribution in [2.45, 2.75) is 68.2 Å². The average molecular weight is 845 g/mol. The fourth-order valence-electron chi connectivity index (χ4n) is 6.87. The number of likely N-dealkylation sites (N-methyl/N-ethyl adjacent to an activating group) is 1. The summed E-state index contributed by atoms with van der Waals surface area (Å²) in [5.41, 5.74) is 17.2. The summed E-state index contributed by atoms with van der Waals surface area (Å²) in [4.78, 5) is 8.27. The van der Waals surface area contributed by atoms with E-state index < -0.39 is 0 Å². The van der Waals surface area contributed by atoms with Gasteiger partial charge < -0.3 is 10.6 Å². The molecular formula is C43H49IN4S3. The van der Waals surface area contributed by atoms with Crippen LogP contribution in [0.4, 0.5) is 5.69 Å². The Morgan fingerprint density at radius 3 is 2.45 bits per heavy atom. The summed E-state index contributed by atoms with van der Waals surface area (Å²) in [7, 11) is 4.05. The Kier molecular flexibility index (Phi) is 13.4. The van der Waals surface area contributed by atoms with Crippen LogP contribution in [0.5, 0.6) is 0 Å². The molecule has 5 rings (SSSR count). The van der Waals surface area contributed by atoms with Crippen LogP contribution in [-0.4, -0.2) is 28.9 Å². The molecule has 8 heteroatoms. The van der Waals surface area contributed by atoms with Crippen molar-refractivity contribution in [2.75, 3.05) is 19.0 Å². The Morgan fingerprint density at radius 1 is 1.06 bits per heavy atom. The van der Waals surface area contributed by atoms with Crippen molar-refractivity contribution in [3.8, 4) is 0 Å². The first kappa shape index (κ1) is 39.4. The molecule has 1 atom stereocenters. The zero-order valence-electron chi connectivity index (χ0n) is 30.5. The summed E-state index contributed by atoms with van der Waals surface area (Å²) >= 11 is 7.06. The van der Waals surface area contributed by atoms with Crippen molar-refractivity contribution in [2.24, 2.45) is 10.7 Å². The number of hydrogen-bond donors (Lipinski definition) is 2. The molecule has 2 aliphatic rings. The Labute approximate surface area is 332 Å². The van der Waals surface area contributed by atoms with Crippen molar-refractivity contribution in [1.82, 2.24) is 0 Å². The Bertz CT molecular complexity index is 1920. The predicted octanol–water partition coefficient (Wildman–Crippen LogP) is 12.1. The first-order valence-corrected chi connectivity index (χ1v) is 21.1. The molecule has 0 bridgehead atoms. The van der Waals surface area contributed by atoms with Crippen molar-refractivity contribution >= 4 is 79.7 Å². The molecule has 3 aromatic carbocycles. The third-order valence-electron chi connectivity index (χ3n) is 9.78. The van der Waals surface area contributed by atoms with Gasteiger partial charge in [-0.15, -0.1) is 11.8 Å². The number of nitrogens with two attached hydrogens (primary N) is 1. The number of aliphatic imine (C=N–C) groups is 1. The molecule has 0 amide bonds. The lowest BCUT2D eigenvalue weighted by Crippen LogP contribution is -2.28. The van der Waals surface area contributed by atoms with Gasteiger partial charge in [0.05, 0.1) is 0 Å². The molecule has 4 nitrogen and oxygen atoms in total. The lowest BCUT2D eigenvalue weighted by molar-refractivity contribution is 0.640. The van der Waals surface area contributed by atoms with Crippen LogP contribution in [-0.2, 0) is 16.6 Å². The second-order valence-electron chi connectivity index (χ2n) is 13.8. The minimum absolute atomic E-state index is 0.109. The summed E-state index contributed by atoms with van der Waals surface area (Å²) < 4.78 is 1.49. The Balaban J connectivity index is 1.44. The average Bonchev–Trinajstić information content (AvgIpc) is 3.31. The van der Waals surface area contributed by atoms with Crippen LogP contribution in [0.1, 0.15) is 69.2 Å². The standard InChI is InChI=1S/C43H49IN4S3/c1-8-29-20-22-30(23-21-29)28-49-40(45)51-41(46)50-39-31(24-26-37(47-6)42(2,3)33-16-9-11-18-35(33)44)14-13-15-32(39)25-27-38-43(4,5)34-17-10-12-19-36(34)48(38)7/h8-12,16-27,40,46H,1,13-15,28,45H2,2-7H3/b26-24+,32-25+,38-27+,46-41?,47-37?. The van der Waals surface area contributed by atoms with Gasteiger partial charge in [0.15, 0.2) is 0 Å². The fourth-order valence-corrected chi connectivity index (χ4v) is 11.2. The normalized spacial score (nSPS) is 18.5. The maximum atomic E-state index is 9.13. The van der Waals surface area contributed by atoms with E-state index >= 15 is 0 Å². The number of thioether (sulfide) groups is 3. The molecule has 1 aliphatic carbocycles. The maximum absolute atomic E-state index is 9.13. The van der Waals surface area contributed by atoms with Crippen LogP contribution in [0.15, 0.2) is 130 Å². The van der Waals surface area contributed by atoms with Crippen LogP contribution in [0.25, 0.3) is 6.08 Å². The van der Waals surface area contributed by atoms with E-state index in [1.807, 2.05) is 13.1 Å². The number of benzene rings is 3. The first-order valence-electron chi connectivity index (χ1n) is 17.3. The molecule has 51 heavy (non-hydrogen) atoms. The third-order valence-corrected chi connectivity index (χ3v) is 14.1. The van der Waals surface area contributed by atoms with Crippen molar-refractivity contribution in [3.05, 3.63) is 151 Å². The van der Waals surface area contributed by atoms with Crippen LogP contribution in [0.3, 0.4) is 0 Å². The minimum Gasteiger partial charge on any atom is -0.347 e. The van der Waals surface area contributed by atoms with Gasteiger partial charge in [-0.3, -0.25) is 10.4 Å². The van der Waals surface area contributed by atoms with E-state index in [4.69, 9.17) is 16.1 Å². The van der Waals surface area contributed by atoms with Gasteiger partial charge in [0.2, 0.25) is 0 Å². The third kappa shape index (κ3) is 9.25. The van der Waals surface area contributed by atoms with E-state index in [-0.39, 0.29) is 15.5 Å². The van der Waals surface area contributed by atoms with Crippen molar-refractivity contribution in [1.29, 1.82) is 5.41 Å².